The van der Waals surface area contributed by atoms with Gasteiger partial charge in [-0.25, -0.2) is 9.28 Å². The fourth-order valence-corrected chi connectivity index (χ4v) is 5.50. The smallest absolute Gasteiger partial charge is 0.337 e. The first-order valence-electron chi connectivity index (χ1n) is 10.7. The van der Waals surface area contributed by atoms with Crippen molar-refractivity contribution in [2.24, 2.45) is 0 Å². The molecule has 3 aliphatic heterocycles. The Balaban J connectivity index is 1.58. The molecule has 2 atom stereocenters. The third kappa shape index (κ3) is 2.27. The van der Waals surface area contributed by atoms with Crippen LogP contribution >= 0.6 is 0 Å². The van der Waals surface area contributed by atoms with Crippen LogP contribution in [0.4, 0.5) is 5.69 Å². The molecule has 0 N–H and O–H groups in total. The molecule has 5 heteroatoms. The van der Waals surface area contributed by atoms with Gasteiger partial charge < -0.3 is 14.2 Å². The maximum atomic E-state index is 14.5. The maximum Gasteiger partial charge on any atom is 0.337 e. The molecule has 0 saturated carbocycles. The molecule has 3 aromatic rings. The van der Waals surface area contributed by atoms with Gasteiger partial charge in [0, 0.05) is 22.8 Å². The Labute approximate surface area is 181 Å². The number of benzene rings is 3. The largest absolute Gasteiger partial charge is 0.491 e. The van der Waals surface area contributed by atoms with Crippen molar-refractivity contribution in [2.75, 3.05) is 19.9 Å². The maximum absolute atomic E-state index is 14.5. The van der Waals surface area contributed by atoms with Crippen molar-refractivity contribution in [3.8, 4) is 17.2 Å². The molecule has 0 aliphatic carbocycles. The topological polar surface area (TPSA) is 44.8 Å². The summed E-state index contributed by atoms with van der Waals surface area (Å²) in [6.07, 6.45) is 0. The van der Waals surface area contributed by atoms with Crippen LogP contribution in [0.2, 0.25) is 0 Å². The van der Waals surface area contributed by atoms with Gasteiger partial charge in [-0.05, 0) is 31.5 Å². The van der Waals surface area contributed by atoms with Crippen LogP contribution in [0.1, 0.15) is 29.2 Å². The van der Waals surface area contributed by atoms with Crippen LogP contribution in [0, 0.1) is 6.92 Å². The highest BCUT2D eigenvalue weighted by molar-refractivity contribution is 6.08. The Kier molecular flexibility index (Phi) is 3.78. The lowest BCUT2D eigenvalue weighted by atomic mass is 9.77. The third-order valence-corrected chi connectivity index (χ3v) is 7.20. The molecule has 3 heterocycles. The van der Waals surface area contributed by atoms with Crippen molar-refractivity contribution >= 4 is 11.6 Å². The molecule has 0 saturated heterocycles. The van der Waals surface area contributed by atoms with E-state index in [1.807, 2.05) is 36.4 Å². The number of ether oxygens (including phenoxy) is 3. The van der Waals surface area contributed by atoms with Gasteiger partial charge in [0.2, 0.25) is 6.79 Å². The first-order chi connectivity index (χ1) is 15.1. The second-order valence-corrected chi connectivity index (χ2v) is 8.59. The van der Waals surface area contributed by atoms with E-state index in [-0.39, 0.29) is 17.2 Å². The standard InChI is InChI=1S/C26H24NO4/c1-3-27(14-18-9-5-4-8-17(18)2)21-11-7-6-10-19(21)26(25(27)28)15-29-22-13-24-23(12-20(22)26)30-16-31-24/h4-13H,3,14-16H2,1-2H3/q+1. The zero-order valence-corrected chi connectivity index (χ0v) is 17.7. The third-order valence-electron chi connectivity index (χ3n) is 7.20. The molecule has 3 aromatic carbocycles. The van der Waals surface area contributed by atoms with E-state index in [1.165, 1.54) is 11.1 Å². The van der Waals surface area contributed by atoms with Gasteiger partial charge in [-0.2, -0.15) is 0 Å². The monoisotopic (exact) mass is 414 g/mol. The number of amides is 1. The van der Waals surface area contributed by atoms with Crippen LogP contribution in [0.5, 0.6) is 17.2 Å². The summed E-state index contributed by atoms with van der Waals surface area (Å²) in [6, 6.07) is 20.4. The number of carbonyl (C=O) groups excluding carboxylic acids is 1. The van der Waals surface area contributed by atoms with Crippen LogP contribution in [-0.4, -0.2) is 25.9 Å². The predicted octanol–water partition coefficient (Wildman–Crippen LogP) is 4.47. The molecule has 3 aliphatic rings. The quantitative estimate of drug-likeness (QED) is 0.593. The van der Waals surface area contributed by atoms with E-state index in [2.05, 4.69) is 38.1 Å². The molecular formula is C26H24NO4+. The number of aryl methyl sites for hydroxylation is 1. The highest BCUT2D eigenvalue weighted by atomic mass is 16.7. The number of para-hydroxylation sites is 1. The minimum absolute atomic E-state index is 0.164. The zero-order chi connectivity index (χ0) is 21.2. The minimum Gasteiger partial charge on any atom is -0.491 e. The van der Waals surface area contributed by atoms with Crippen molar-refractivity contribution in [3.63, 3.8) is 0 Å². The zero-order valence-electron chi connectivity index (χ0n) is 17.7. The van der Waals surface area contributed by atoms with E-state index in [9.17, 15) is 4.79 Å². The van der Waals surface area contributed by atoms with Crippen LogP contribution in [0.3, 0.4) is 0 Å². The number of hydrogen-bond acceptors (Lipinski definition) is 4. The Morgan fingerprint density at radius 1 is 0.903 bits per heavy atom. The molecule has 5 nitrogen and oxygen atoms in total. The number of rotatable bonds is 3. The number of carbonyl (C=O) groups is 1. The van der Waals surface area contributed by atoms with Gasteiger partial charge in [-0.15, -0.1) is 0 Å². The summed E-state index contributed by atoms with van der Waals surface area (Å²) in [7, 11) is 0. The van der Waals surface area contributed by atoms with Gasteiger partial charge in [0.1, 0.15) is 24.6 Å². The molecule has 1 spiro atoms. The van der Waals surface area contributed by atoms with Crippen LogP contribution in [0.25, 0.3) is 0 Å². The van der Waals surface area contributed by atoms with Gasteiger partial charge in [-0.3, -0.25) is 0 Å². The van der Waals surface area contributed by atoms with E-state index in [0.29, 0.717) is 36.9 Å². The van der Waals surface area contributed by atoms with Gasteiger partial charge in [0.15, 0.2) is 16.9 Å². The average Bonchev–Trinajstić information content (AvgIpc) is 3.46. The average molecular weight is 414 g/mol. The minimum atomic E-state index is -0.842. The second kappa shape index (κ2) is 6.34. The lowest BCUT2D eigenvalue weighted by molar-refractivity contribution is -0.133. The fourth-order valence-electron chi connectivity index (χ4n) is 5.50. The van der Waals surface area contributed by atoms with Crippen molar-refractivity contribution in [3.05, 3.63) is 82.9 Å². The van der Waals surface area contributed by atoms with Crippen molar-refractivity contribution < 1.29 is 19.0 Å². The van der Waals surface area contributed by atoms with Crippen LogP contribution in [0.15, 0.2) is 60.7 Å². The fraction of sp³-hybridized carbons (Fsp3) is 0.269. The van der Waals surface area contributed by atoms with Gasteiger partial charge >= 0.3 is 5.91 Å². The Morgan fingerprint density at radius 2 is 1.65 bits per heavy atom. The molecule has 6 rings (SSSR count). The van der Waals surface area contributed by atoms with Crippen molar-refractivity contribution in [1.82, 2.24) is 4.48 Å². The number of hydrogen-bond donors (Lipinski definition) is 0. The molecule has 31 heavy (non-hydrogen) atoms. The highest BCUT2D eigenvalue weighted by Crippen LogP contribution is 2.57. The summed E-state index contributed by atoms with van der Waals surface area (Å²) in [4.78, 5) is 14.5. The molecule has 0 bridgehead atoms. The summed E-state index contributed by atoms with van der Waals surface area (Å²) >= 11 is 0. The molecule has 1 amide bonds. The Hall–Kier alpha value is -3.31. The normalized spacial score (nSPS) is 24.9. The molecule has 156 valence electrons. The van der Waals surface area contributed by atoms with Crippen molar-refractivity contribution in [2.45, 2.75) is 25.8 Å². The predicted molar refractivity (Wildman–Crippen MR) is 118 cm³/mol. The van der Waals surface area contributed by atoms with Crippen LogP contribution < -0.4 is 18.7 Å². The van der Waals surface area contributed by atoms with Crippen molar-refractivity contribution in [1.29, 1.82) is 0 Å². The number of quaternary nitrogens is 1. The first-order valence-corrected chi connectivity index (χ1v) is 10.7. The van der Waals surface area contributed by atoms with Crippen LogP contribution in [-0.2, 0) is 16.8 Å². The second-order valence-electron chi connectivity index (χ2n) is 8.59. The van der Waals surface area contributed by atoms with E-state index < -0.39 is 5.41 Å². The summed E-state index contributed by atoms with van der Waals surface area (Å²) in [5, 5.41) is 0. The SMILES string of the molecule is CC[N+]1(Cc2ccccc2C)C(=O)C2(COc3cc4c(cc32)OCO4)c2ccccc21. The number of fused-ring (bicyclic) bond motifs is 5. The van der Waals surface area contributed by atoms with Gasteiger partial charge in [0.05, 0.1) is 6.54 Å². The Morgan fingerprint density at radius 3 is 2.45 bits per heavy atom. The van der Waals surface area contributed by atoms with E-state index in [0.717, 1.165) is 16.8 Å². The lowest BCUT2D eigenvalue weighted by Crippen LogP contribution is -2.56. The van der Waals surface area contributed by atoms with E-state index in [1.54, 1.807) is 0 Å². The highest BCUT2D eigenvalue weighted by Gasteiger charge is 2.66. The molecular weight excluding hydrogens is 390 g/mol. The summed E-state index contributed by atoms with van der Waals surface area (Å²) in [5.74, 6) is 2.22. The van der Waals surface area contributed by atoms with E-state index in [4.69, 9.17) is 14.2 Å². The molecule has 2 unspecified atom stereocenters. The summed E-state index contributed by atoms with van der Waals surface area (Å²) < 4.78 is 17.6. The summed E-state index contributed by atoms with van der Waals surface area (Å²) in [5.41, 5.74) is 4.53. The lowest BCUT2D eigenvalue weighted by Gasteiger charge is -2.33. The summed E-state index contributed by atoms with van der Waals surface area (Å²) in [6.45, 7) is 6.00. The number of likely N-dealkylation sites (N-methyl/N-ethyl adjacent to an activating group) is 1. The molecule has 0 fully saturated rings. The van der Waals surface area contributed by atoms with Gasteiger partial charge in [0.25, 0.3) is 0 Å². The van der Waals surface area contributed by atoms with E-state index >= 15 is 0 Å². The number of nitrogens with zero attached hydrogens (tertiary/aromatic N) is 1. The molecule has 0 radical (unpaired) electrons. The molecule has 0 aromatic heterocycles. The van der Waals surface area contributed by atoms with Gasteiger partial charge in [-0.1, -0.05) is 42.5 Å². The Bertz CT molecular complexity index is 1240. The first kappa shape index (κ1) is 18.5.